The van der Waals surface area contributed by atoms with E-state index in [-0.39, 0.29) is 11.7 Å². The number of benzene rings is 2. The summed E-state index contributed by atoms with van der Waals surface area (Å²) in [4.78, 5) is 19.9. The summed E-state index contributed by atoms with van der Waals surface area (Å²) in [6.07, 6.45) is 3.23. The molecule has 7 rings (SSSR count). The van der Waals surface area contributed by atoms with Gasteiger partial charge in [0, 0.05) is 47.6 Å². The third-order valence-corrected chi connectivity index (χ3v) is 9.31. The molecule has 0 aliphatic carbocycles. The lowest BCUT2D eigenvalue weighted by molar-refractivity contribution is -0.160. The third-order valence-electron chi connectivity index (χ3n) is 9.08. The number of fused-ring (bicyclic) bond motifs is 8. The van der Waals surface area contributed by atoms with Crippen LogP contribution in [-0.2, 0) is 14.3 Å². The quantitative estimate of drug-likeness (QED) is 0.234. The number of carboxylic acids is 1. The fourth-order valence-electron chi connectivity index (χ4n) is 6.59. The fourth-order valence-corrected chi connectivity index (χ4v) is 6.77. The molecule has 3 aliphatic heterocycles. The number of aryl methyl sites for hydroxylation is 1. The monoisotopic (exact) mass is 660 g/mol. The van der Waals surface area contributed by atoms with Gasteiger partial charge in [0.1, 0.15) is 11.6 Å². The number of anilines is 1. The van der Waals surface area contributed by atoms with Crippen LogP contribution in [0.1, 0.15) is 84.1 Å². The minimum absolute atomic E-state index is 0.0276. The molecule has 0 spiro atoms. The van der Waals surface area contributed by atoms with E-state index in [4.69, 9.17) is 35.9 Å². The second-order valence-corrected chi connectivity index (χ2v) is 14.5. The third kappa shape index (κ3) is 7.27. The molecular weight excluding hydrogens is 616 g/mol. The number of hydrogen-bond donors (Lipinski definition) is 1. The van der Waals surface area contributed by atoms with E-state index < -0.39 is 17.7 Å². The first-order valence-corrected chi connectivity index (χ1v) is 16.9. The molecule has 9 nitrogen and oxygen atoms in total. The second-order valence-electron chi connectivity index (χ2n) is 14.1. The van der Waals surface area contributed by atoms with Crippen molar-refractivity contribution in [1.82, 2.24) is 14.6 Å². The zero-order valence-corrected chi connectivity index (χ0v) is 28.9. The minimum Gasteiger partial charge on any atom is -0.490 e. The molecule has 10 heteroatoms. The molecule has 47 heavy (non-hydrogen) atoms. The lowest BCUT2D eigenvalue weighted by Crippen LogP contribution is -2.46. The van der Waals surface area contributed by atoms with E-state index in [0.29, 0.717) is 47.4 Å². The van der Waals surface area contributed by atoms with Crippen LogP contribution in [-0.4, -0.2) is 62.7 Å². The first-order chi connectivity index (χ1) is 22.3. The van der Waals surface area contributed by atoms with E-state index in [1.54, 1.807) is 4.52 Å². The van der Waals surface area contributed by atoms with Gasteiger partial charge in [-0.1, -0.05) is 29.8 Å². The van der Waals surface area contributed by atoms with E-state index in [2.05, 4.69) is 24.8 Å². The SMILES string of the molecule is Cc1nc2cc3nn2c(c1C(OC(C)(C)C)C(=O)O)N1CCC(C)(CC1)OCCCCC(C)Oc1ccc(Cl)cc1-c1cccc-3c1. The Morgan fingerprint density at radius 3 is 2.57 bits per heavy atom. The molecule has 0 amide bonds. The van der Waals surface area contributed by atoms with Gasteiger partial charge in [-0.2, -0.15) is 9.61 Å². The summed E-state index contributed by atoms with van der Waals surface area (Å²) in [6.45, 7) is 13.8. The Kier molecular flexibility index (Phi) is 9.26. The van der Waals surface area contributed by atoms with Crippen LogP contribution in [0.4, 0.5) is 5.82 Å². The summed E-state index contributed by atoms with van der Waals surface area (Å²) in [6, 6.07) is 15.8. The highest BCUT2D eigenvalue weighted by Gasteiger charge is 2.38. The molecule has 2 atom stereocenters. The minimum atomic E-state index is -1.23. The van der Waals surface area contributed by atoms with E-state index >= 15 is 0 Å². The predicted molar refractivity (Wildman–Crippen MR) is 185 cm³/mol. The van der Waals surface area contributed by atoms with Crippen LogP contribution < -0.4 is 9.64 Å². The van der Waals surface area contributed by atoms with Gasteiger partial charge in [0.05, 0.1) is 28.6 Å². The molecule has 250 valence electrons. The summed E-state index contributed by atoms with van der Waals surface area (Å²) >= 11 is 6.49. The summed E-state index contributed by atoms with van der Waals surface area (Å²) in [5.41, 5.74) is 4.26. The first-order valence-electron chi connectivity index (χ1n) is 16.6. The number of aliphatic carboxylic acids is 1. The van der Waals surface area contributed by atoms with Crippen molar-refractivity contribution in [2.45, 2.75) is 97.1 Å². The van der Waals surface area contributed by atoms with Gasteiger partial charge in [-0.25, -0.2) is 9.78 Å². The summed E-state index contributed by atoms with van der Waals surface area (Å²) in [7, 11) is 0. The second kappa shape index (κ2) is 13.1. The Morgan fingerprint density at radius 1 is 1.11 bits per heavy atom. The summed E-state index contributed by atoms with van der Waals surface area (Å²) < 4.78 is 21.0. The van der Waals surface area contributed by atoms with Crippen LogP contribution in [0.2, 0.25) is 5.02 Å². The molecule has 6 bridgehead atoms. The van der Waals surface area contributed by atoms with Crippen molar-refractivity contribution < 1.29 is 24.1 Å². The van der Waals surface area contributed by atoms with E-state index in [1.807, 2.05) is 70.2 Å². The van der Waals surface area contributed by atoms with Crippen LogP contribution in [0, 0.1) is 6.92 Å². The van der Waals surface area contributed by atoms with Gasteiger partial charge in [-0.15, -0.1) is 0 Å². The average Bonchev–Trinajstić information content (AvgIpc) is 3.43. The standard InChI is InChI=1S/C37H45ClN4O5/c1-23-10-7-8-19-45-37(6)15-17-41(18-16-37)34-32(33(35(43)44)47-36(3,4)5)24(2)39-31-22-29(40-42(31)34)26-12-9-11-25(20-26)28-21-27(38)13-14-30(28)46-23/h9,11-14,20-23,33H,7-8,10,15-19H2,1-6H3,(H,43,44). The van der Waals surface area contributed by atoms with Crippen LogP contribution in [0.3, 0.4) is 0 Å². The van der Waals surface area contributed by atoms with E-state index in [1.165, 1.54) is 0 Å². The van der Waals surface area contributed by atoms with Crippen LogP contribution >= 0.6 is 11.6 Å². The fraction of sp³-hybridized carbons (Fsp3) is 0.486. The van der Waals surface area contributed by atoms with Crippen LogP contribution in [0.5, 0.6) is 5.75 Å². The number of carbonyl (C=O) groups is 1. The number of piperidine rings is 1. The molecule has 1 N–H and O–H groups in total. The molecule has 2 aromatic heterocycles. The van der Waals surface area contributed by atoms with Crippen molar-refractivity contribution in [3.05, 3.63) is 64.8 Å². The molecule has 0 radical (unpaired) electrons. The van der Waals surface area contributed by atoms with Gasteiger partial charge in [0.2, 0.25) is 0 Å². The van der Waals surface area contributed by atoms with Crippen molar-refractivity contribution in [2.24, 2.45) is 0 Å². The molecule has 1 saturated heterocycles. The smallest absolute Gasteiger partial charge is 0.337 e. The maximum atomic E-state index is 12.8. The van der Waals surface area contributed by atoms with Gasteiger partial charge >= 0.3 is 5.97 Å². The normalized spacial score (nSPS) is 21.3. The number of hydrogen-bond acceptors (Lipinski definition) is 7. The van der Waals surface area contributed by atoms with Gasteiger partial charge < -0.3 is 24.2 Å². The molecular formula is C37H45ClN4O5. The molecule has 2 unspecified atom stereocenters. The number of nitrogens with zero attached hydrogens (tertiary/aromatic N) is 4. The van der Waals surface area contributed by atoms with E-state index in [0.717, 1.165) is 60.2 Å². The maximum Gasteiger partial charge on any atom is 0.337 e. The molecule has 3 aliphatic rings. The van der Waals surface area contributed by atoms with Gasteiger partial charge in [-0.05, 0) is 103 Å². The predicted octanol–water partition coefficient (Wildman–Crippen LogP) is 8.29. The van der Waals surface area contributed by atoms with Crippen LogP contribution in [0.15, 0.2) is 48.5 Å². The lowest BCUT2D eigenvalue weighted by atomic mass is 9.92. The zero-order chi connectivity index (χ0) is 33.5. The van der Waals surface area contributed by atoms with E-state index in [9.17, 15) is 9.90 Å². The average molecular weight is 661 g/mol. The Bertz CT molecular complexity index is 1770. The van der Waals surface area contributed by atoms with Crippen molar-refractivity contribution in [2.75, 3.05) is 24.6 Å². The number of halogens is 1. The van der Waals surface area contributed by atoms with Gasteiger partial charge in [0.15, 0.2) is 11.8 Å². The summed E-state index contributed by atoms with van der Waals surface area (Å²) in [5, 5.41) is 16.2. The first kappa shape index (κ1) is 33.2. The highest BCUT2D eigenvalue weighted by molar-refractivity contribution is 6.31. The summed E-state index contributed by atoms with van der Waals surface area (Å²) in [5.74, 6) is 0.411. The Labute approximate surface area is 281 Å². The van der Waals surface area contributed by atoms with Gasteiger partial charge in [-0.3, -0.25) is 0 Å². The van der Waals surface area contributed by atoms with Crippen molar-refractivity contribution in [3.63, 3.8) is 0 Å². The molecule has 0 saturated carbocycles. The highest BCUT2D eigenvalue weighted by Crippen LogP contribution is 2.40. The Balaban J connectivity index is 1.53. The number of rotatable bonds is 3. The highest BCUT2D eigenvalue weighted by atomic mass is 35.5. The topological polar surface area (TPSA) is 98.4 Å². The van der Waals surface area contributed by atoms with Crippen LogP contribution in [0.25, 0.3) is 28.0 Å². The lowest BCUT2D eigenvalue weighted by Gasteiger charge is -2.41. The molecule has 5 heterocycles. The Morgan fingerprint density at radius 2 is 1.85 bits per heavy atom. The van der Waals surface area contributed by atoms with Crippen molar-refractivity contribution in [3.8, 4) is 28.1 Å². The van der Waals surface area contributed by atoms with Crippen molar-refractivity contribution >= 4 is 29.0 Å². The molecule has 4 aromatic rings. The Hall–Kier alpha value is -3.66. The zero-order valence-electron chi connectivity index (χ0n) is 28.2. The number of carboxylic acid groups (broad SMARTS) is 1. The van der Waals surface area contributed by atoms with Gasteiger partial charge in [0.25, 0.3) is 0 Å². The molecule has 2 aromatic carbocycles. The maximum absolute atomic E-state index is 12.8. The van der Waals surface area contributed by atoms with Crippen molar-refractivity contribution in [1.29, 1.82) is 0 Å². The molecule has 1 fully saturated rings. The number of aromatic nitrogens is 3. The number of ether oxygens (including phenoxy) is 3. The largest absolute Gasteiger partial charge is 0.490 e.